The Hall–Kier alpha value is -1.76. The summed E-state index contributed by atoms with van der Waals surface area (Å²) in [6.45, 7) is 6.38. The summed E-state index contributed by atoms with van der Waals surface area (Å²) in [4.78, 5) is 8.21. The maximum absolute atomic E-state index is 5.49. The summed E-state index contributed by atoms with van der Waals surface area (Å²) in [5, 5.41) is 3.05. The van der Waals surface area contributed by atoms with E-state index >= 15 is 0 Å². The van der Waals surface area contributed by atoms with E-state index < -0.39 is 5.60 Å². The van der Waals surface area contributed by atoms with Crippen LogP contribution in [0.15, 0.2) is 12.4 Å². The van der Waals surface area contributed by atoms with Crippen molar-refractivity contribution in [3.63, 3.8) is 0 Å². The molecule has 1 aromatic rings. The fourth-order valence-electron chi connectivity index (χ4n) is 0.954. The van der Waals surface area contributed by atoms with Gasteiger partial charge < -0.3 is 10.1 Å². The van der Waals surface area contributed by atoms with E-state index in [1.165, 1.54) is 0 Å². The Morgan fingerprint density at radius 1 is 1.53 bits per heavy atom. The molecule has 0 aliphatic heterocycles. The molecule has 80 valence electrons. The van der Waals surface area contributed by atoms with Crippen molar-refractivity contribution in [3.05, 3.63) is 12.4 Å². The normalized spacial score (nSPS) is 10.5. The fraction of sp³-hybridized carbons (Fsp3) is 0.455. The maximum atomic E-state index is 5.49. The highest BCUT2D eigenvalue weighted by Crippen LogP contribution is 2.15. The van der Waals surface area contributed by atoms with Crippen molar-refractivity contribution in [2.45, 2.75) is 26.4 Å². The molecule has 0 atom stereocenters. The summed E-state index contributed by atoms with van der Waals surface area (Å²) in [7, 11) is 0. The minimum absolute atomic E-state index is 0.427. The molecule has 0 spiro atoms. The second kappa shape index (κ2) is 4.65. The van der Waals surface area contributed by atoms with E-state index in [4.69, 9.17) is 11.2 Å². The minimum Gasteiger partial charge on any atom is -0.457 e. The number of rotatable bonds is 4. The quantitative estimate of drug-likeness (QED) is 0.760. The van der Waals surface area contributed by atoms with Crippen LogP contribution in [0.25, 0.3) is 0 Å². The van der Waals surface area contributed by atoms with Gasteiger partial charge in [-0.15, -0.1) is 6.42 Å². The average molecular weight is 205 g/mol. The van der Waals surface area contributed by atoms with Crippen LogP contribution in [-0.4, -0.2) is 22.1 Å². The topological polar surface area (TPSA) is 47.0 Å². The van der Waals surface area contributed by atoms with Gasteiger partial charge in [0.2, 0.25) is 5.88 Å². The van der Waals surface area contributed by atoms with Gasteiger partial charge in [-0.3, -0.25) is 4.98 Å². The first kappa shape index (κ1) is 11.3. The second-order valence-electron chi connectivity index (χ2n) is 3.53. The number of hydrogen-bond acceptors (Lipinski definition) is 4. The first-order valence-electron chi connectivity index (χ1n) is 4.80. The molecule has 0 unspecified atom stereocenters. The van der Waals surface area contributed by atoms with E-state index in [1.807, 2.05) is 6.92 Å². The van der Waals surface area contributed by atoms with Gasteiger partial charge in [0.05, 0.1) is 12.4 Å². The van der Waals surface area contributed by atoms with Gasteiger partial charge in [-0.2, -0.15) is 4.98 Å². The highest BCUT2D eigenvalue weighted by Gasteiger charge is 2.16. The van der Waals surface area contributed by atoms with Crippen LogP contribution in [0.3, 0.4) is 0 Å². The van der Waals surface area contributed by atoms with Crippen molar-refractivity contribution in [2.75, 3.05) is 11.9 Å². The Bertz CT molecular complexity index is 368. The van der Waals surface area contributed by atoms with Crippen molar-refractivity contribution in [3.8, 4) is 18.2 Å². The molecule has 15 heavy (non-hydrogen) atoms. The number of nitrogens with zero attached hydrogens (tertiary/aromatic N) is 2. The van der Waals surface area contributed by atoms with Gasteiger partial charge in [0.1, 0.15) is 5.82 Å². The molecule has 0 saturated carbocycles. The van der Waals surface area contributed by atoms with E-state index in [2.05, 4.69) is 21.2 Å². The van der Waals surface area contributed by atoms with Crippen molar-refractivity contribution in [1.82, 2.24) is 9.97 Å². The van der Waals surface area contributed by atoms with Gasteiger partial charge in [0.25, 0.3) is 0 Å². The van der Waals surface area contributed by atoms with Gasteiger partial charge >= 0.3 is 0 Å². The summed E-state index contributed by atoms with van der Waals surface area (Å²) in [5.74, 6) is 3.64. The predicted octanol–water partition coefficient (Wildman–Crippen LogP) is 1.70. The molecule has 0 aliphatic rings. The highest BCUT2D eigenvalue weighted by atomic mass is 16.5. The molecular weight excluding hydrogens is 190 g/mol. The molecule has 0 bridgehead atoms. The van der Waals surface area contributed by atoms with Crippen LogP contribution in [0.4, 0.5) is 5.82 Å². The van der Waals surface area contributed by atoms with Crippen LogP contribution in [-0.2, 0) is 0 Å². The zero-order valence-corrected chi connectivity index (χ0v) is 9.24. The Morgan fingerprint density at radius 2 is 2.27 bits per heavy atom. The molecule has 1 N–H and O–H groups in total. The largest absolute Gasteiger partial charge is 0.457 e. The SMILES string of the molecule is C#CC(C)(C)Oc1cncc(NCC)n1. The molecule has 0 amide bonds. The average Bonchev–Trinajstić information content (AvgIpc) is 2.18. The first-order chi connectivity index (χ1) is 7.07. The Morgan fingerprint density at radius 3 is 2.87 bits per heavy atom. The molecule has 1 rings (SSSR count). The van der Waals surface area contributed by atoms with E-state index in [0.29, 0.717) is 11.7 Å². The Balaban J connectivity index is 2.79. The van der Waals surface area contributed by atoms with Crippen molar-refractivity contribution >= 4 is 5.82 Å². The first-order valence-corrected chi connectivity index (χ1v) is 4.80. The molecular formula is C11H15N3O. The van der Waals surface area contributed by atoms with Crippen molar-refractivity contribution < 1.29 is 4.74 Å². The maximum Gasteiger partial charge on any atom is 0.235 e. The Kier molecular flexibility index (Phi) is 3.51. The summed E-state index contributed by atoms with van der Waals surface area (Å²) in [5.41, 5.74) is -0.667. The molecule has 4 heteroatoms. The lowest BCUT2D eigenvalue weighted by molar-refractivity contribution is 0.164. The lowest BCUT2D eigenvalue weighted by Gasteiger charge is -2.19. The van der Waals surface area contributed by atoms with Gasteiger partial charge in [-0.1, -0.05) is 5.92 Å². The van der Waals surface area contributed by atoms with Gasteiger partial charge in [-0.25, -0.2) is 0 Å². The van der Waals surface area contributed by atoms with E-state index in [-0.39, 0.29) is 0 Å². The third-order valence-corrected chi connectivity index (χ3v) is 1.68. The molecule has 0 saturated heterocycles. The molecule has 0 aliphatic carbocycles. The van der Waals surface area contributed by atoms with Crippen molar-refractivity contribution in [1.29, 1.82) is 0 Å². The smallest absolute Gasteiger partial charge is 0.235 e. The van der Waals surface area contributed by atoms with Crippen molar-refractivity contribution in [2.24, 2.45) is 0 Å². The zero-order valence-electron chi connectivity index (χ0n) is 9.24. The molecule has 0 radical (unpaired) electrons. The summed E-state index contributed by atoms with van der Waals surface area (Å²) in [6, 6.07) is 0. The van der Waals surface area contributed by atoms with Gasteiger partial charge in [-0.05, 0) is 20.8 Å². The van der Waals surface area contributed by atoms with Crippen LogP contribution in [0.5, 0.6) is 5.88 Å². The monoisotopic (exact) mass is 205 g/mol. The van der Waals surface area contributed by atoms with Crippen LogP contribution < -0.4 is 10.1 Å². The summed E-state index contributed by atoms with van der Waals surface area (Å²) < 4.78 is 5.49. The minimum atomic E-state index is -0.667. The number of terminal acetylenes is 1. The number of aromatic nitrogens is 2. The summed E-state index contributed by atoms with van der Waals surface area (Å²) in [6.07, 6.45) is 8.49. The molecule has 1 aromatic heterocycles. The van der Waals surface area contributed by atoms with Gasteiger partial charge in [0, 0.05) is 6.54 Å². The van der Waals surface area contributed by atoms with Crippen LogP contribution >= 0.6 is 0 Å². The second-order valence-corrected chi connectivity index (χ2v) is 3.53. The molecule has 0 fully saturated rings. The number of ether oxygens (including phenoxy) is 1. The standard InChI is InChI=1S/C11H15N3O/c1-5-11(3,4)15-10-8-12-7-9(14-10)13-6-2/h1,7-8H,6H2,2-4H3,(H,13,14). The highest BCUT2D eigenvalue weighted by molar-refractivity contribution is 5.33. The molecule has 1 heterocycles. The fourth-order valence-corrected chi connectivity index (χ4v) is 0.954. The predicted molar refractivity (Wildman–Crippen MR) is 59.7 cm³/mol. The third-order valence-electron chi connectivity index (χ3n) is 1.68. The summed E-state index contributed by atoms with van der Waals surface area (Å²) >= 11 is 0. The number of anilines is 1. The van der Waals surface area contributed by atoms with E-state index in [0.717, 1.165) is 6.54 Å². The molecule has 0 aromatic carbocycles. The zero-order chi connectivity index (χ0) is 11.3. The van der Waals surface area contributed by atoms with Crippen LogP contribution in [0.1, 0.15) is 20.8 Å². The molecule has 4 nitrogen and oxygen atoms in total. The lowest BCUT2D eigenvalue weighted by Crippen LogP contribution is -2.26. The number of nitrogens with one attached hydrogen (secondary N) is 1. The lowest BCUT2D eigenvalue weighted by atomic mass is 10.1. The van der Waals surface area contributed by atoms with E-state index in [1.54, 1.807) is 26.2 Å². The Labute approximate surface area is 90.1 Å². The van der Waals surface area contributed by atoms with Crippen LogP contribution in [0.2, 0.25) is 0 Å². The van der Waals surface area contributed by atoms with Crippen LogP contribution in [0, 0.1) is 12.3 Å². The third kappa shape index (κ3) is 3.47. The van der Waals surface area contributed by atoms with Gasteiger partial charge in [0.15, 0.2) is 5.60 Å². The van der Waals surface area contributed by atoms with E-state index in [9.17, 15) is 0 Å². The number of hydrogen-bond donors (Lipinski definition) is 1.